The van der Waals surface area contributed by atoms with Gasteiger partial charge in [0.05, 0.1) is 0 Å². The van der Waals surface area contributed by atoms with Gasteiger partial charge in [-0.15, -0.1) is 0 Å². The van der Waals surface area contributed by atoms with Crippen molar-refractivity contribution in [2.24, 2.45) is 11.8 Å². The van der Waals surface area contributed by atoms with E-state index in [1.54, 1.807) is 0 Å². The minimum atomic E-state index is 0.714. The maximum Gasteiger partial charge on any atom is 0.0233 e. The molecule has 2 aliphatic rings. The van der Waals surface area contributed by atoms with Crippen LogP contribution in [-0.2, 0) is 6.54 Å². The van der Waals surface area contributed by atoms with Crippen LogP contribution in [0.3, 0.4) is 0 Å². The maximum absolute atomic E-state index is 3.58. The minimum Gasteiger partial charge on any atom is -0.314 e. The Bertz CT molecular complexity index is 349. The van der Waals surface area contributed by atoms with E-state index in [9.17, 15) is 0 Å². The molecule has 0 aromatic heterocycles. The van der Waals surface area contributed by atoms with Crippen molar-refractivity contribution < 1.29 is 0 Å². The number of nitrogens with one attached hydrogen (secondary N) is 1. The molecule has 0 spiro atoms. The summed E-state index contributed by atoms with van der Waals surface area (Å²) in [6.45, 7) is 7.22. The van der Waals surface area contributed by atoms with E-state index >= 15 is 0 Å². The average Bonchev–Trinajstić information content (AvgIpc) is 2.83. The number of benzene rings is 1. The SMILES string of the molecule is CC1NC[C@@H]2CN(Cc3ccccc3)C[C@H]12. The molecule has 0 radical (unpaired) electrons. The highest BCUT2D eigenvalue weighted by atomic mass is 15.2. The van der Waals surface area contributed by atoms with E-state index in [2.05, 4.69) is 47.5 Å². The van der Waals surface area contributed by atoms with Crippen LogP contribution in [0.25, 0.3) is 0 Å². The van der Waals surface area contributed by atoms with Crippen molar-refractivity contribution >= 4 is 0 Å². The fourth-order valence-corrected chi connectivity index (χ4v) is 3.23. The Morgan fingerprint density at radius 3 is 2.81 bits per heavy atom. The zero-order chi connectivity index (χ0) is 11.0. The van der Waals surface area contributed by atoms with Crippen LogP contribution in [0.1, 0.15) is 12.5 Å². The number of hydrogen-bond acceptors (Lipinski definition) is 2. The van der Waals surface area contributed by atoms with E-state index < -0.39 is 0 Å². The minimum absolute atomic E-state index is 0.714. The molecule has 3 rings (SSSR count). The van der Waals surface area contributed by atoms with Crippen LogP contribution in [0.4, 0.5) is 0 Å². The summed E-state index contributed by atoms with van der Waals surface area (Å²) in [5, 5.41) is 3.58. The second-order valence-electron chi connectivity index (χ2n) is 5.30. The molecule has 1 aromatic carbocycles. The second-order valence-corrected chi connectivity index (χ2v) is 5.30. The van der Waals surface area contributed by atoms with Crippen molar-refractivity contribution in [2.45, 2.75) is 19.5 Å². The fraction of sp³-hybridized carbons (Fsp3) is 0.571. The highest BCUT2D eigenvalue weighted by Crippen LogP contribution is 2.31. The molecule has 0 saturated carbocycles. The van der Waals surface area contributed by atoms with Gasteiger partial charge in [-0.25, -0.2) is 0 Å². The van der Waals surface area contributed by atoms with Crippen LogP contribution in [-0.4, -0.2) is 30.6 Å². The van der Waals surface area contributed by atoms with Crippen molar-refractivity contribution in [2.75, 3.05) is 19.6 Å². The summed E-state index contributed by atoms with van der Waals surface area (Å²) in [5.74, 6) is 1.77. The van der Waals surface area contributed by atoms with Crippen molar-refractivity contribution in [1.29, 1.82) is 0 Å². The number of nitrogens with zero attached hydrogens (tertiary/aromatic N) is 1. The van der Waals surface area contributed by atoms with Gasteiger partial charge < -0.3 is 5.32 Å². The number of likely N-dealkylation sites (tertiary alicyclic amines) is 1. The average molecular weight is 216 g/mol. The molecule has 2 heterocycles. The summed E-state index contributed by atoms with van der Waals surface area (Å²) in [4.78, 5) is 2.61. The van der Waals surface area contributed by atoms with Crippen molar-refractivity contribution in [3.05, 3.63) is 35.9 Å². The molecule has 0 bridgehead atoms. The lowest BCUT2D eigenvalue weighted by molar-refractivity contribution is 0.296. The van der Waals surface area contributed by atoms with Gasteiger partial charge in [0.1, 0.15) is 0 Å². The predicted molar refractivity (Wildman–Crippen MR) is 66.2 cm³/mol. The van der Waals surface area contributed by atoms with Crippen LogP contribution in [0, 0.1) is 11.8 Å². The van der Waals surface area contributed by atoms with Crippen LogP contribution >= 0.6 is 0 Å². The van der Waals surface area contributed by atoms with Gasteiger partial charge in [-0.3, -0.25) is 4.90 Å². The molecule has 2 aliphatic heterocycles. The predicted octanol–water partition coefficient (Wildman–Crippen LogP) is 1.73. The van der Waals surface area contributed by atoms with E-state index in [4.69, 9.17) is 0 Å². The number of rotatable bonds is 2. The van der Waals surface area contributed by atoms with Crippen molar-refractivity contribution in [1.82, 2.24) is 10.2 Å². The van der Waals surface area contributed by atoms with Crippen LogP contribution in [0.15, 0.2) is 30.3 Å². The molecule has 3 atom stereocenters. The molecule has 0 aliphatic carbocycles. The Morgan fingerprint density at radius 2 is 2.06 bits per heavy atom. The quantitative estimate of drug-likeness (QED) is 0.810. The monoisotopic (exact) mass is 216 g/mol. The number of fused-ring (bicyclic) bond motifs is 1. The summed E-state index contributed by atoms with van der Waals surface area (Å²) in [7, 11) is 0. The van der Waals surface area contributed by atoms with Crippen LogP contribution < -0.4 is 5.32 Å². The van der Waals surface area contributed by atoms with E-state index in [1.165, 1.54) is 25.2 Å². The second kappa shape index (κ2) is 4.19. The lowest BCUT2D eigenvalue weighted by Crippen LogP contribution is -2.30. The van der Waals surface area contributed by atoms with Crippen LogP contribution in [0.5, 0.6) is 0 Å². The Balaban J connectivity index is 1.63. The van der Waals surface area contributed by atoms with E-state index in [0.29, 0.717) is 6.04 Å². The molecule has 2 fully saturated rings. The van der Waals surface area contributed by atoms with Crippen molar-refractivity contribution in [3.8, 4) is 0 Å². The summed E-state index contributed by atoms with van der Waals surface area (Å²) >= 11 is 0. The Labute approximate surface area is 97.6 Å². The maximum atomic E-state index is 3.58. The van der Waals surface area contributed by atoms with E-state index in [-0.39, 0.29) is 0 Å². The largest absolute Gasteiger partial charge is 0.314 e. The molecule has 1 aromatic rings. The first kappa shape index (κ1) is 10.3. The highest BCUT2D eigenvalue weighted by molar-refractivity contribution is 5.15. The van der Waals surface area contributed by atoms with Gasteiger partial charge in [0, 0.05) is 25.7 Å². The van der Waals surface area contributed by atoms with Gasteiger partial charge in [0.15, 0.2) is 0 Å². The standard InChI is InChI=1S/C14H20N2/c1-11-14-10-16(9-13(14)7-15-11)8-12-5-3-2-4-6-12/h2-6,11,13-15H,7-10H2,1H3/t11?,13-,14-/m1/s1. The molecule has 2 heteroatoms. The highest BCUT2D eigenvalue weighted by Gasteiger charge is 2.40. The van der Waals surface area contributed by atoms with Gasteiger partial charge in [0.2, 0.25) is 0 Å². The lowest BCUT2D eigenvalue weighted by atomic mass is 9.95. The van der Waals surface area contributed by atoms with Gasteiger partial charge in [-0.05, 0) is 30.9 Å². The van der Waals surface area contributed by atoms with E-state index in [0.717, 1.165) is 18.4 Å². The summed E-state index contributed by atoms with van der Waals surface area (Å²) in [6.07, 6.45) is 0. The number of hydrogen-bond donors (Lipinski definition) is 1. The summed E-state index contributed by atoms with van der Waals surface area (Å²) in [5.41, 5.74) is 1.45. The summed E-state index contributed by atoms with van der Waals surface area (Å²) < 4.78 is 0. The normalized spacial score (nSPS) is 34.2. The topological polar surface area (TPSA) is 15.3 Å². The third-order valence-electron chi connectivity index (χ3n) is 4.16. The zero-order valence-corrected chi connectivity index (χ0v) is 9.89. The fourth-order valence-electron chi connectivity index (χ4n) is 3.23. The molecule has 86 valence electrons. The summed E-state index contributed by atoms with van der Waals surface area (Å²) in [6, 6.07) is 11.5. The van der Waals surface area contributed by atoms with E-state index in [1.807, 2.05) is 0 Å². The van der Waals surface area contributed by atoms with Gasteiger partial charge in [0.25, 0.3) is 0 Å². The van der Waals surface area contributed by atoms with Gasteiger partial charge in [-0.1, -0.05) is 30.3 Å². The Morgan fingerprint density at radius 1 is 1.25 bits per heavy atom. The first-order valence-electron chi connectivity index (χ1n) is 6.32. The smallest absolute Gasteiger partial charge is 0.0233 e. The zero-order valence-electron chi connectivity index (χ0n) is 9.89. The molecule has 2 saturated heterocycles. The molecule has 1 N–H and O–H groups in total. The molecule has 2 nitrogen and oxygen atoms in total. The molecule has 16 heavy (non-hydrogen) atoms. The first-order chi connectivity index (χ1) is 7.83. The third-order valence-corrected chi connectivity index (χ3v) is 4.16. The molecule has 1 unspecified atom stereocenters. The molecule has 0 amide bonds. The Hall–Kier alpha value is -0.860. The van der Waals surface area contributed by atoms with Crippen LogP contribution in [0.2, 0.25) is 0 Å². The Kier molecular flexibility index (Phi) is 2.70. The molecular formula is C14H20N2. The lowest BCUT2D eigenvalue weighted by Gasteiger charge is -2.18. The first-order valence-corrected chi connectivity index (χ1v) is 6.32. The van der Waals surface area contributed by atoms with Gasteiger partial charge in [-0.2, -0.15) is 0 Å². The molecular weight excluding hydrogens is 196 g/mol. The van der Waals surface area contributed by atoms with Crippen molar-refractivity contribution in [3.63, 3.8) is 0 Å². The van der Waals surface area contributed by atoms with Gasteiger partial charge >= 0.3 is 0 Å². The third kappa shape index (κ3) is 1.87.